The second-order valence-electron chi connectivity index (χ2n) is 5.49. The fourth-order valence-corrected chi connectivity index (χ4v) is 3.69. The SMILES string of the molecule is CCC1(CC)CC(Nc2nc(C(=O)OC)c(C)s2)CCO1. The Balaban J connectivity index is 2.06. The number of aryl methyl sites for hydroxylation is 1. The number of hydrogen-bond donors (Lipinski definition) is 1. The number of methoxy groups -OCH3 is 1. The molecule has 0 radical (unpaired) electrons. The van der Waals surface area contributed by atoms with Crippen molar-refractivity contribution in [3.8, 4) is 0 Å². The number of carbonyl (C=O) groups is 1. The van der Waals surface area contributed by atoms with Crippen LogP contribution in [0.2, 0.25) is 0 Å². The van der Waals surface area contributed by atoms with Gasteiger partial charge in [-0.05, 0) is 32.6 Å². The molecule has 1 unspecified atom stereocenters. The maximum Gasteiger partial charge on any atom is 0.357 e. The lowest BCUT2D eigenvalue weighted by Crippen LogP contribution is -2.43. The van der Waals surface area contributed by atoms with Crippen LogP contribution < -0.4 is 5.32 Å². The largest absolute Gasteiger partial charge is 0.464 e. The van der Waals surface area contributed by atoms with E-state index in [2.05, 4.69) is 24.1 Å². The minimum atomic E-state index is -0.375. The Morgan fingerprint density at radius 3 is 2.86 bits per heavy atom. The number of hydrogen-bond acceptors (Lipinski definition) is 6. The first kappa shape index (κ1) is 16.2. The average Bonchev–Trinajstić information content (AvgIpc) is 2.87. The van der Waals surface area contributed by atoms with Crippen LogP contribution in [-0.4, -0.2) is 36.3 Å². The zero-order valence-corrected chi connectivity index (χ0v) is 14.0. The van der Waals surface area contributed by atoms with E-state index >= 15 is 0 Å². The molecule has 1 aliphatic heterocycles. The quantitative estimate of drug-likeness (QED) is 0.845. The van der Waals surface area contributed by atoms with Gasteiger partial charge in [0.2, 0.25) is 0 Å². The highest BCUT2D eigenvalue weighted by atomic mass is 32.1. The highest BCUT2D eigenvalue weighted by molar-refractivity contribution is 7.15. The van der Waals surface area contributed by atoms with Crippen molar-refractivity contribution in [3.05, 3.63) is 10.6 Å². The van der Waals surface area contributed by atoms with Gasteiger partial charge in [-0.2, -0.15) is 0 Å². The number of nitrogens with one attached hydrogen (secondary N) is 1. The van der Waals surface area contributed by atoms with E-state index in [1.807, 2.05) is 6.92 Å². The number of rotatable bonds is 5. The Labute approximate surface area is 130 Å². The molecule has 1 fully saturated rings. The van der Waals surface area contributed by atoms with Crippen molar-refractivity contribution in [1.82, 2.24) is 4.98 Å². The summed E-state index contributed by atoms with van der Waals surface area (Å²) in [6.45, 7) is 7.01. The normalized spacial score (nSPS) is 21.0. The van der Waals surface area contributed by atoms with Crippen LogP contribution in [0, 0.1) is 6.92 Å². The van der Waals surface area contributed by atoms with E-state index in [-0.39, 0.29) is 11.6 Å². The van der Waals surface area contributed by atoms with Crippen LogP contribution in [0.25, 0.3) is 0 Å². The molecule has 5 nitrogen and oxygen atoms in total. The summed E-state index contributed by atoms with van der Waals surface area (Å²) in [5.41, 5.74) is 0.391. The molecule has 1 aromatic rings. The number of anilines is 1. The molecule has 0 amide bonds. The molecular weight excluding hydrogens is 288 g/mol. The second kappa shape index (κ2) is 6.75. The number of nitrogens with zero attached hydrogens (tertiary/aromatic N) is 1. The van der Waals surface area contributed by atoms with E-state index in [1.165, 1.54) is 18.4 Å². The lowest BCUT2D eigenvalue weighted by Gasteiger charge is -2.40. The average molecular weight is 312 g/mol. The third kappa shape index (κ3) is 3.55. The molecule has 0 bridgehead atoms. The van der Waals surface area contributed by atoms with E-state index in [0.29, 0.717) is 11.7 Å². The van der Waals surface area contributed by atoms with Crippen LogP contribution in [0.15, 0.2) is 0 Å². The third-order valence-electron chi connectivity index (χ3n) is 4.28. The Kier molecular flexibility index (Phi) is 5.22. The lowest BCUT2D eigenvalue weighted by molar-refractivity contribution is -0.0864. The van der Waals surface area contributed by atoms with Crippen LogP contribution in [0.1, 0.15) is 54.9 Å². The van der Waals surface area contributed by atoms with Crippen molar-refractivity contribution in [2.75, 3.05) is 19.0 Å². The Morgan fingerprint density at radius 1 is 1.52 bits per heavy atom. The number of esters is 1. The first-order valence-electron chi connectivity index (χ1n) is 7.49. The van der Waals surface area contributed by atoms with Gasteiger partial charge in [0, 0.05) is 17.5 Å². The Morgan fingerprint density at radius 2 is 2.24 bits per heavy atom. The minimum Gasteiger partial charge on any atom is -0.464 e. The van der Waals surface area contributed by atoms with E-state index < -0.39 is 0 Å². The molecule has 0 saturated carbocycles. The number of carbonyl (C=O) groups excluding carboxylic acids is 1. The maximum absolute atomic E-state index is 11.6. The summed E-state index contributed by atoms with van der Waals surface area (Å²) in [5, 5.41) is 4.26. The van der Waals surface area contributed by atoms with Crippen LogP contribution in [0.5, 0.6) is 0 Å². The first-order valence-corrected chi connectivity index (χ1v) is 8.31. The van der Waals surface area contributed by atoms with Gasteiger partial charge in [-0.3, -0.25) is 0 Å². The van der Waals surface area contributed by atoms with Gasteiger partial charge in [0.05, 0.1) is 12.7 Å². The fourth-order valence-electron chi connectivity index (χ4n) is 2.81. The predicted octanol–water partition coefficient (Wildman–Crippen LogP) is 3.39. The van der Waals surface area contributed by atoms with Crippen molar-refractivity contribution in [2.45, 2.75) is 58.1 Å². The maximum atomic E-state index is 11.6. The van der Waals surface area contributed by atoms with Crippen LogP contribution in [-0.2, 0) is 9.47 Å². The number of thiazole rings is 1. The van der Waals surface area contributed by atoms with Gasteiger partial charge in [0.15, 0.2) is 10.8 Å². The summed E-state index contributed by atoms with van der Waals surface area (Å²) in [4.78, 5) is 16.9. The topological polar surface area (TPSA) is 60.5 Å². The molecule has 1 N–H and O–H groups in total. The number of ether oxygens (including phenoxy) is 2. The van der Waals surface area contributed by atoms with Crippen molar-refractivity contribution in [1.29, 1.82) is 0 Å². The second-order valence-corrected chi connectivity index (χ2v) is 6.69. The van der Waals surface area contributed by atoms with E-state index in [4.69, 9.17) is 9.47 Å². The van der Waals surface area contributed by atoms with Crippen molar-refractivity contribution < 1.29 is 14.3 Å². The molecule has 1 aliphatic rings. The summed E-state index contributed by atoms with van der Waals surface area (Å²) < 4.78 is 10.7. The van der Waals surface area contributed by atoms with Crippen LogP contribution in [0.3, 0.4) is 0 Å². The van der Waals surface area contributed by atoms with Gasteiger partial charge >= 0.3 is 5.97 Å². The van der Waals surface area contributed by atoms with Gasteiger partial charge < -0.3 is 14.8 Å². The monoisotopic (exact) mass is 312 g/mol. The fraction of sp³-hybridized carbons (Fsp3) is 0.733. The van der Waals surface area contributed by atoms with Gasteiger partial charge in [-0.15, -0.1) is 11.3 Å². The molecule has 0 aromatic carbocycles. The summed E-state index contributed by atoms with van der Waals surface area (Å²) in [5.74, 6) is -0.375. The molecule has 2 heterocycles. The van der Waals surface area contributed by atoms with Crippen molar-refractivity contribution >= 4 is 22.4 Å². The third-order valence-corrected chi connectivity index (χ3v) is 5.19. The molecule has 1 saturated heterocycles. The summed E-state index contributed by atoms with van der Waals surface area (Å²) in [7, 11) is 1.38. The van der Waals surface area contributed by atoms with Gasteiger partial charge in [-0.25, -0.2) is 9.78 Å². The van der Waals surface area contributed by atoms with E-state index in [1.54, 1.807) is 0 Å². The molecule has 21 heavy (non-hydrogen) atoms. The van der Waals surface area contributed by atoms with Crippen LogP contribution >= 0.6 is 11.3 Å². The molecular formula is C15H24N2O3S. The number of aromatic nitrogens is 1. The molecule has 0 spiro atoms. The molecule has 6 heteroatoms. The summed E-state index contributed by atoms with van der Waals surface area (Å²) in [6.07, 6.45) is 3.98. The Bertz CT molecular complexity index is 497. The smallest absolute Gasteiger partial charge is 0.357 e. The Hall–Kier alpha value is -1.14. The molecule has 1 aromatic heterocycles. The van der Waals surface area contributed by atoms with Crippen molar-refractivity contribution in [3.63, 3.8) is 0 Å². The standard InChI is InChI=1S/C15H24N2O3S/c1-5-15(6-2)9-11(7-8-20-15)16-14-17-12(10(3)21-14)13(18)19-4/h11H,5-9H2,1-4H3,(H,16,17). The zero-order chi connectivity index (χ0) is 15.5. The summed E-state index contributed by atoms with van der Waals surface area (Å²) in [6, 6.07) is 0.342. The van der Waals surface area contributed by atoms with Gasteiger partial charge in [0.25, 0.3) is 0 Å². The van der Waals surface area contributed by atoms with Crippen molar-refractivity contribution in [2.24, 2.45) is 0 Å². The summed E-state index contributed by atoms with van der Waals surface area (Å²) >= 11 is 1.50. The van der Waals surface area contributed by atoms with E-state index in [0.717, 1.165) is 42.3 Å². The molecule has 2 rings (SSSR count). The minimum absolute atomic E-state index is 0.0204. The molecule has 1 atom stereocenters. The molecule has 118 valence electrons. The van der Waals surface area contributed by atoms with Gasteiger partial charge in [-0.1, -0.05) is 13.8 Å². The first-order chi connectivity index (χ1) is 10.0. The van der Waals surface area contributed by atoms with Crippen LogP contribution in [0.4, 0.5) is 5.13 Å². The highest BCUT2D eigenvalue weighted by Crippen LogP contribution is 2.33. The van der Waals surface area contributed by atoms with Gasteiger partial charge in [0.1, 0.15) is 0 Å². The van der Waals surface area contributed by atoms with E-state index in [9.17, 15) is 4.79 Å². The molecule has 0 aliphatic carbocycles. The predicted molar refractivity (Wildman–Crippen MR) is 84.1 cm³/mol. The zero-order valence-electron chi connectivity index (χ0n) is 13.2. The lowest BCUT2D eigenvalue weighted by atomic mass is 9.86. The highest BCUT2D eigenvalue weighted by Gasteiger charge is 2.34.